The zero-order valence-corrected chi connectivity index (χ0v) is 18.3. The highest BCUT2D eigenvalue weighted by Crippen LogP contribution is 2.23. The molecule has 0 radical (unpaired) electrons. The normalized spacial score (nSPS) is 14.8. The molecule has 1 aliphatic heterocycles. The third kappa shape index (κ3) is 5.54. The minimum absolute atomic E-state index is 0.131. The molecule has 32 heavy (non-hydrogen) atoms. The summed E-state index contributed by atoms with van der Waals surface area (Å²) in [6.45, 7) is 2.71. The van der Waals surface area contributed by atoms with Gasteiger partial charge in [0, 0.05) is 54.7 Å². The van der Waals surface area contributed by atoms with Crippen LogP contribution in [0.4, 0.5) is 20.9 Å². The van der Waals surface area contributed by atoms with Crippen molar-refractivity contribution in [3.63, 3.8) is 0 Å². The van der Waals surface area contributed by atoms with E-state index in [-0.39, 0.29) is 12.5 Å². The number of alkyl halides is 1. The first kappa shape index (κ1) is 22.0. The summed E-state index contributed by atoms with van der Waals surface area (Å²) in [5.74, 6) is 0.235. The zero-order chi connectivity index (χ0) is 22.3. The van der Waals surface area contributed by atoms with Crippen molar-refractivity contribution in [2.45, 2.75) is 6.10 Å². The summed E-state index contributed by atoms with van der Waals surface area (Å²) < 4.78 is 17.6. The molecule has 0 spiro atoms. The molecule has 2 heterocycles. The van der Waals surface area contributed by atoms with E-state index in [0.717, 1.165) is 37.0 Å². The van der Waals surface area contributed by atoms with Crippen molar-refractivity contribution in [2.24, 2.45) is 0 Å². The highest BCUT2D eigenvalue weighted by molar-refractivity contribution is 7.13. The maximum absolute atomic E-state index is 12.5. The van der Waals surface area contributed by atoms with Gasteiger partial charge in [-0.3, -0.25) is 4.79 Å². The molecule has 1 aliphatic rings. The van der Waals surface area contributed by atoms with Crippen LogP contribution in [0.1, 0.15) is 10.4 Å². The summed E-state index contributed by atoms with van der Waals surface area (Å²) in [5.41, 5.74) is 2.32. The zero-order valence-electron chi connectivity index (χ0n) is 17.5. The molecule has 1 unspecified atom stereocenters. The summed E-state index contributed by atoms with van der Waals surface area (Å²) >= 11 is 1.66. The fraction of sp³-hybridized carbons (Fsp3) is 0.304. The fourth-order valence-corrected chi connectivity index (χ4v) is 4.12. The Morgan fingerprint density at radius 1 is 1.09 bits per heavy atom. The number of aliphatic hydroxyl groups excluding tert-OH is 1. The topological polar surface area (TPSA) is 77.9 Å². The van der Waals surface area contributed by atoms with E-state index in [0.29, 0.717) is 17.0 Å². The molecule has 168 valence electrons. The van der Waals surface area contributed by atoms with Crippen molar-refractivity contribution in [1.82, 2.24) is 4.98 Å². The standard InChI is InChI=1S/C23H25FN4O3S/c24-15-20(29)16-31-21-7-1-17(2-8-21)22(30)26-18-3-5-19(6-4-18)27-10-12-28(13-11-27)23-25-9-14-32-23/h1-9,14,20,29H,10-13,15-16H2,(H,26,30). The van der Waals surface area contributed by atoms with Crippen LogP contribution in [0.2, 0.25) is 0 Å². The van der Waals surface area contributed by atoms with Crippen molar-refractivity contribution in [1.29, 1.82) is 0 Å². The van der Waals surface area contributed by atoms with E-state index in [2.05, 4.69) is 20.1 Å². The van der Waals surface area contributed by atoms with E-state index in [4.69, 9.17) is 4.74 Å². The molecule has 3 aromatic rings. The number of aliphatic hydroxyl groups is 1. The lowest BCUT2D eigenvalue weighted by atomic mass is 10.2. The minimum atomic E-state index is -1.15. The maximum Gasteiger partial charge on any atom is 0.255 e. The average molecular weight is 457 g/mol. The lowest BCUT2D eigenvalue weighted by Gasteiger charge is -2.36. The van der Waals surface area contributed by atoms with Crippen LogP contribution in [0.25, 0.3) is 0 Å². The molecular formula is C23H25FN4O3S. The molecule has 1 fully saturated rings. The second-order valence-corrected chi connectivity index (χ2v) is 8.31. The van der Waals surface area contributed by atoms with E-state index in [1.807, 2.05) is 35.8 Å². The largest absolute Gasteiger partial charge is 0.491 e. The van der Waals surface area contributed by atoms with Gasteiger partial charge in [0.25, 0.3) is 5.91 Å². The van der Waals surface area contributed by atoms with E-state index < -0.39 is 12.8 Å². The van der Waals surface area contributed by atoms with Gasteiger partial charge < -0.3 is 25.0 Å². The molecule has 7 nitrogen and oxygen atoms in total. The molecular weight excluding hydrogens is 431 g/mol. The quantitative estimate of drug-likeness (QED) is 0.541. The fourth-order valence-electron chi connectivity index (χ4n) is 3.43. The van der Waals surface area contributed by atoms with Crippen molar-refractivity contribution >= 4 is 33.8 Å². The lowest BCUT2D eigenvalue weighted by Crippen LogP contribution is -2.46. The van der Waals surface area contributed by atoms with Gasteiger partial charge in [0.15, 0.2) is 5.13 Å². The number of benzene rings is 2. The number of rotatable bonds is 8. The first-order valence-electron chi connectivity index (χ1n) is 10.4. The van der Waals surface area contributed by atoms with Crippen molar-refractivity contribution < 1.29 is 19.0 Å². The molecule has 2 N–H and O–H groups in total. The van der Waals surface area contributed by atoms with Gasteiger partial charge in [0.2, 0.25) is 0 Å². The molecule has 1 aromatic heterocycles. The highest BCUT2D eigenvalue weighted by atomic mass is 32.1. The van der Waals surface area contributed by atoms with Crippen molar-refractivity contribution in [3.05, 3.63) is 65.7 Å². The number of halogens is 1. The Kier molecular flexibility index (Phi) is 7.18. The summed E-state index contributed by atoms with van der Waals surface area (Å²) in [5, 5.41) is 15.2. The van der Waals surface area contributed by atoms with Crippen LogP contribution in [-0.2, 0) is 0 Å². The third-order valence-electron chi connectivity index (χ3n) is 5.20. The molecule has 0 aliphatic carbocycles. The minimum Gasteiger partial charge on any atom is -0.491 e. The number of nitrogens with zero attached hydrogens (tertiary/aromatic N) is 3. The van der Waals surface area contributed by atoms with Crippen LogP contribution < -0.4 is 19.9 Å². The third-order valence-corrected chi connectivity index (χ3v) is 6.03. The number of aromatic nitrogens is 1. The Morgan fingerprint density at radius 2 is 1.78 bits per heavy atom. The number of ether oxygens (including phenoxy) is 1. The number of thiazole rings is 1. The highest BCUT2D eigenvalue weighted by Gasteiger charge is 2.19. The first-order valence-corrected chi connectivity index (χ1v) is 11.3. The SMILES string of the molecule is O=C(Nc1ccc(N2CCN(c3nccs3)CC2)cc1)c1ccc(OCC(O)CF)cc1. The molecule has 1 atom stereocenters. The molecule has 9 heteroatoms. The maximum atomic E-state index is 12.5. The van der Waals surface area contributed by atoms with E-state index >= 15 is 0 Å². The van der Waals surface area contributed by atoms with E-state index in [1.54, 1.807) is 35.6 Å². The Labute approximate surface area is 190 Å². The Bertz CT molecular complexity index is 991. The van der Waals surface area contributed by atoms with Crippen LogP contribution in [0.5, 0.6) is 5.75 Å². The summed E-state index contributed by atoms with van der Waals surface area (Å²) in [6.07, 6.45) is 0.685. The van der Waals surface area contributed by atoms with E-state index in [1.165, 1.54) is 0 Å². The van der Waals surface area contributed by atoms with Gasteiger partial charge in [-0.15, -0.1) is 11.3 Å². The van der Waals surface area contributed by atoms with Gasteiger partial charge in [-0.25, -0.2) is 9.37 Å². The number of anilines is 3. The van der Waals surface area contributed by atoms with Gasteiger partial charge in [-0.05, 0) is 48.5 Å². The number of carbonyl (C=O) groups excluding carboxylic acids is 1. The lowest BCUT2D eigenvalue weighted by molar-refractivity contribution is 0.0841. The molecule has 0 saturated carbocycles. The van der Waals surface area contributed by atoms with Crippen LogP contribution >= 0.6 is 11.3 Å². The predicted molar refractivity (Wildman–Crippen MR) is 125 cm³/mol. The Hall–Kier alpha value is -3.17. The van der Waals surface area contributed by atoms with E-state index in [9.17, 15) is 14.3 Å². The summed E-state index contributed by atoms with van der Waals surface area (Å²) in [4.78, 5) is 21.5. The van der Waals surface area contributed by atoms with Gasteiger partial charge >= 0.3 is 0 Å². The Morgan fingerprint density at radius 3 is 2.41 bits per heavy atom. The second-order valence-electron chi connectivity index (χ2n) is 7.43. The van der Waals surface area contributed by atoms with Crippen molar-refractivity contribution in [2.75, 3.05) is 54.6 Å². The van der Waals surface area contributed by atoms with Crippen LogP contribution in [0.3, 0.4) is 0 Å². The molecule has 0 bridgehead atoms. The molecule has 4 rings (SSSR count). The number of piperazine rings is 1. The molecule has 1 saturated heterocycles. The smallest absolute Gasteiger partial charge is 0.255 e. The average Bonchev–Trinajstić information content (AvgIpc) is 3.38. The van der Waals surface area contributed by atoms with Gasteiger partial charge in [0.1, 0.15) is 25.1 Å². The van der Waals surface area contributed by atoms with Gasteiger partial charge in [0.05, 0.1) is 0 Å². The molecule has 1 amide bonds. The predicted octanol–water partition coefficient (Wildman–Crippen LogP) is 3.43. The van der Waals surface area contributed by atoms with Gasteiger partial charge in [-0.1, -0.05) is 0 Å². The number of hydrogen-bond acceptors (Lipinski definition) is 7. The summed E-state index contributed by atoms with van der Waals surface area (Å²) in [6, 6.07) is 14.3. The Balaban J connectivity index is 1.28. The number of hydrogen-bond donors (Lipinski definition) is 2. The van der Waals surface area contributed by atoms with Gasteiger partial charge in [-0.2, -0.15) is 0 Å². The van der Waals surface area contributed by atoms with Crippen molar-refractivity contribution in [3.8, 4) is 5.75 Å². The molecule has 2 aromatic carbocycles. The number of amides is 1. The monoisotopic (exact) mass is 456 g/mol. The van der Waals surface area contributed by atoms with Crippen LogP contribution in [-0.4, -0.2) is 61.6 Å². The number of carbonyl (C=O) groups is 1. The van der Waals surface area contributed by atoms with Crippen LogP contribution in [0, 0.1) is 0 Å². The van der Waals surface area contributed by atoms with Crippen LogP contribution in [0.15, 0.2) is 60.1 Å². The second kappa shape index (κ2) is 10.4. The first-order chi connectivity index (χ1) is 15.6. The summed E-state index contributed by atoms with van der Waals surface area (Å²) in [7, 11) is 0. The number of nitrogens with one attached hydrogen (secondary N) is 1.